The Morgan fingerprint density at radius 3 is 2.89 bits per heavy atom. The average molecular weight is 322 g/mol. The van der Waals surface area contributed by atoms with Crippen LogP contribution in [-0.4, -0.2) is 21.7 Å². The molecule has 0 aliphatic heterocycles. The van der Waals surface area contributed by atoms with Crippen LogP contribution in [0.1, 0.15) is 13.8 Å². The van der Waals surface area contributed by atoms with E-state index in [2.05, 4.69) is 55.6 Å². The summed E-state index contributed by atoms with van der Waals surface area (Å²) < 4.78 is 1.000. The Bertz CT molecular complexity index is 544. The number of hydrogen-bond acceptors (Lipinski definition) is 5. The van der Waals surface area contributed by atoms with E-state index in [4.69, 9.17) is 0 Å². The molecule has 1 heterocycles. The second-order valence-electron chi connectivity index (χ2n) is 4.58. The Kier molecular flexibility index (Phi) is 4.68. The largest absolute Gasteiger partial charge is 0.368 e. The molecule has 5 nitrogen and oxygen atoms in total. The van der Waals surface area contributed by atoms with Gasteiger partial charge in [0.1, 0.15) is 0 Å². The first kappa shape index (κ1) is 13.7. The van der Waals surface area contributed by atoms with E-state index in [1.54, 1.807) is 6.20 Å². The predicted octanol–water partition coefficient (Wildman–Crippen LogP) is 3.45. The van der Waals surface area contributed by atoms with Crippen molar-refractivity contribution in [3.8, 4) is 0 Å². The van der Waals surface area contributed by atoms with Crippen molar-refractivity contribution in [3.05, 3.63) is 34.9 Å². The van der Waals surface area contributed by atoms with Gasteiger partial charge in [-0.2, -0.15) is 10.1 Å². The van der Waals surface area contributed by atoms with Crippen LogP contribution in [0.3, 0.4) is 0 Å². The fraction of sp³-hybridized carbons (Fsp3) is 0.308. The standard InChI is InChI=1S/C13H16BrN5/c1-9(2)7-15-12-8-16-19-13(18-12)17-11-5-3-4-10(14)6-11/h3-6,8-9H,7H2,1-2H3,(H2,15,17,18,19). The Balaban J connectivity index is 2.06. The first-order valence-electron chi connectivity index (χ1n) is 6.09. The molecule has 19 heavy (non-hydrogen) atoms. The van der Waals surface area contributed by atoms with Crippen LogP contribution in [0, 0.1) is 5.92 Å². The van der Waals surface area contributed by atoms with Crippen molar-refractivity contribution < 1.29 is 0 Å². The number of halogens is 1. The molecule has 0 atom stereocenters. The lowest BCUT2D eigenvalue weighted by Crippen LogP contribution is -2.10. The Morgan fingerprint density at radius 1 is 1.32 bits per heavy atom. The summed E-state index contributed by atoms with van der Waals surface area (Å²) >= 11 is 3.42. The Hall–Kier alpha value is -1.69. The zero-order valence-electron chi connectivity index (χ0n) is 10.9. The Labute approximate surface area is 121 Å². The molecule has 0 aliphatic carbocycles. The number of benzene rings is 1. The summed E-state index contributed by atoms with van der Waals surface area (Å²) in [6, 6.07) is 7.81. The first-order chi connectivity index (χ1) is 9.13. The SMILES string of the molecule is CC(C)CNc1cnnc(Nc2cccc(Br)c2)n1. The van der Waals surface area contributed by atoms with Crippen LogP contribution in [0.2, 0.25) is 0 Å². The van der Waals surface area contributed by atoms with Gasteiger partial charge in [-0.1, -0.05) is 35.8 Å². The summed E-state index contributed by atoms with van der Waals surface area (Å²) in [6.07, 6.45) is 1.62. The molecule has 1 aromatic carbocycles. The molecule has 2 aromatic rings. The van der Waals surface area contributed by atoms with Gasteiger partial charge in [0, 0.05) is 16.7 Å². The molecule has 2 rings (SSSR count). The smallest absolute Gasteiger partial charge is 0.249 e. The average Bonchev–Trinajstić information content (AvgIpc) is 2.37. The van der Waals surface area contributed by atoms with E-state index in [1.165, 1.54) is 0 Å². The fourth-order valence-electron chi connectivity index (χ4n) is 1.45. The van der Waals surface area contributed by atoms with Gasteiger partial charge in [-0.25, -0.2) is 0 Å². The van der Waals surface area contributed by atoms with Crippen molar-refractivity contribution in [1.82, 2.24) is 15.2 Å². The highest BCUT2D eigenvalue weighted by Gasteiger charge is 2.02. The predicted molar refractivity (Wildman–Crippen MR) is 80.6 cm³/mol. The number of nitrogens with one attached hydrogen (secondary N) is 2. The first-order valence-corrected chi connectivity index (χ1v) is 6.89. The van der Waals surface area contributed by atoms with E-state index in [0.717, 1.165) is 22.5 Å². The van der Waals surface area contributed by atoms with E-state index in [1.807, 2.05) is 24.3 Å². The van der Waals surface area contributed by atoms with Gasteiger partial charge in [-0.15, -0.1) is 5.10 Å². The lowest BCUT2D eigenvalue weighted by atomic mass is 10.2. The van der Waals surface area contributed by atoms with Gasteiger partial charge in [-0.3, -0.25) is 0 Å². The highest BCUT2D eigenvalue weighted by molar-refractivity contribution is 9.10. The highest BCUT2D eigenvalue weighted by Crippen LogP contribution is 2.18. The number of anilines is 3. The van der Waals surface area contributed by atoms with Crippen LogP contribution in [0.4, 0.5) is 17.5 Å². The summed E-state index contributed by atoms with van der Waals surface area (Å²) in [5.41, 5.74) is 0.914. The maximum absolute atomic E-state index is 4.36. The van der Waals surface area contributed by atoms with Crippen LogP contribution in [-0.2, 0) is 0 Å². The monoisotopic (exact) mass is 321 g/mol. The summed E-state index contributed by atoms with van der Waals surface area (Å²) in [4.78, 5) is 4.36. The van der Waals surface area contributed by atoms with Crippen molar-refractivity contribution in [2.45, 2.75) is 13.8 Å². The van der Waals surface area contributed by atoms with Gasteiger partial charge in [0.2, 0.25) is 5.95 Å². The highest BCUT2D eigenvalue weighted by atomic mass is 79.9. The van der Waals surface area contributed by atoms with Gasteiger partial charge in [-0.05, 0) is 24.1 Å². The molecule has 0 bridgehead atoms. The van der Waals surface area contributed by atoms with Crippen LogP contribution < -0.4 is 10.6 Å². The summed E-state index contributed by atoms with van der Waals surface area (Å²) in [5.74, 6) is 1.75. The molecule has 2 N–H and O–H groups in total. The second-order valence-corrected chi connectivity index (χ2v) is 5.49. The number of hydrogen-bond donors (Lipinski definition) is 2. The molecular formula is C13H16BrN5. The zero-order valence-corrected chi connectivity index (χ0v) is 12.5. The van der Waals surface area contributed by atoms with Crippen molar-refractivity contribution in [2.75, 3.05) is 17.2 Å². The van der Waals surface area contributed by atoms with Crippen molar-refractivity contribution in [3.63, 3.8) is 0 Å². The van der Waals surface area contributed by atoms with E-state index in [-0.39, 0.29) is 0 Å². The third kappa shape index (κ3) is 4.48. The summed E-state index contributed by atoms with van der Waals surface area (Å²) in [6.45, 7) is 5.14. The molecule has 100 valence electrons. The van der Waals surface area contributed by atoms with Gasteiger partial charge in [0.15, 0.2) is 5.82 Å². The molecule has 0 unspecified atom stereocenters. The third-order valence-electron chi connectivity index (χ3n) is 2.33. The van der Waals surface area contributed by atoms with Crippen LogP contribution in [0.25, 0.3) is 0 Å². The van der Waals surface area contributed by atoms with Crippen molar-refractivity contribution in [2.24, 2.45) is 5.92 Å². The van der Waals surface area contributed by atoms with E-state index in [0.29, 0.717) is 11.9 Å². The minimum Gasteiger partial charge on any atom is -0.368 e. The van der Waals surface area contributed by atoms with E-state index < -0.39 is 0 Å². The van der Waals surface area contributed by atoms with E-state index in [9.17, 15) is 0 Å². The molecule has 0 saturated carbocycles. The molecule has 1 aromatic heterocycles. The molecule has 0 aliphatic rings. The molecule has 6 heteroatoms. The number of rotatable bonds is 5. The van der Waals surface area contributed by atoms with Crippen LogP contribution in [0.15, 0.2) is 34.9 Å². The van der Waals surface area contributed by atoms with E-state index >= 15 is 0 Å². The quantitative estimate of drug-likeness (QED) is 0.883. The maximum atomic E-state index is 4.36. The zero-order chi connectivity index (χ0) is 13.7. The summed E-state index contributed by atoms with van der Waals surface area (Å²) in [5, 5.41) is 14.2. The lowest BCUT2D eigenvalue weighted by molar-refractivity contribution is 0.686. The topological polar surface area (TPSA) is 62.7 Å². The molecule has 0 radical (unpaired) electrons. The second kappa shape index (κ2) is 6.47. The summed E-state index contributed by atoms with van der Waals surface area (Å²) in [7, 11) is 0. The molecule has 0 spiro atoms. The number of nitrogens with zero attached hydrogens (tertiary/aromatic N) is 3. The van der Waals surface area contributed by atoms with Crippen molar-refractivity contribution in [1.29, 1.82) is 0 Å². The van der Waals surface area contributed by atoms with Gasteiger partial charge < -0.3 is 10.6 Å². The maximum Gasteiger partial charge on any atom is 0.249 e. The number of aromatic nitrogens is 3. The van der Waals surface area contributed by atoms with Gasteiger partial charge in [0.05, 0.1) is 6.20 Å². The minimum absolute atomic E-state index is 0.479. The molecule has 0 amide bonds. The lowest BCUT2D eigenvalue weighted by Gasteiger charge is -2.09. The van der Waals surface area contributed by atoms with Crippen LogP contribution in [0.5, 0.6) is 0 Å². The molecule has 0 saturated heterocycles. The fourth-order valence-corrected chi connectivity index (χ4v) is 1.84. The normalized spacial score (nSPS) is 10.5. The van der Waals surface area contributed by atoms with Crippen LogP contribution >= 0.6 is 15.9 Å². The molecule has 0 fully saturated rings. The molecular weight excluding hydrogens is 306 g/mol. The third-order valence-corrected chi connectivity index (χ3v) is 2.82. The Morgan fingerprint density at radius 2 is 2.16 bits per heavy atom. The minimum atomic E-state index is 0.479. The van der Waals surface area contributed by atoms with Gasteiger partial charge >= 0.3 is 0 Å². The van der Waals surface area contributed by atoms with Crippen molar-refractivity contribution >= 4 is 33.4 Å². The van der Waals surface area contributed by atoms with Gasteiger partial charge in [0.25, 0.3) is 0 Å².